The van der Waals surface area contributed by atoms with Crippen molar-refractivity contribution in [2.75, 3.05) is 31.7 Å². The number of rotatable bonds is 5. The number of carbonyl (C=O) groups is 2. The number of nitrogens with zero attached hydrogens (tertiary/aromatic N) is 1. The summed E-state index contributed by atoms with van der Waals surface area (Å²) in [5, 5.41) is 0. The Morgan fingerprint density at radius 1 is 1.32 bits per heavy atom. The standard InChI is InChI=1S/C13H19N3O3/c1-3-6-16(8-12(17)19-2)13(18)10-5-4-9(14)7-11(10)15/h4-5,7H,3,6,8,14-15H2,1-2H3. The van der Waals surface area contributed by atoms with E-state index in [0.29, 0.717) is 23.5 Å². The first-order valence-electron chi connectivity index (χ1n) is 6.00. The van der Waals surface area contributed by atoms with Crippen LogP contribution in [0.4, 0.5) is 11.4 Å². The number of methoxy groups -OCH3 is 1. The normalized spacial score (nSPS) is 10.0. The van der Waals surface area contributed by atoms with Gasteiger partial charge in [-0.2, -0.15) is 0 Å². The SMILES string of the molecule is CCCN(CC(=O)OC)C(=O)c1ccc(N)cc1N. The van der Waals surface area contributed by atoms with Gasteiger partial charge in [0.2, 0.25) is 0 Å². The monoisotopic (exact) mass is 265 g/mol. The summed E-state index contributed by atoms with van der Waals surface area (Å²) in [6.07, 6.45) is 0.734. The van der Waals surface area contributed by atoms with Gasteiger partial charge in [0, 0.05) is 17.9 Å². The molecule has 0 aliphatic rings. The maximum Gasteiger partial charge on any atom is 0.325 e. The lowest BCUT2D eigenvalue weighted by Crippen LogP contribution is -2.37. The Morgan fingerprint density at radius 2 is 2.00 bits per heavy atom. The van der Waals surface area contributed by atoms with Crippen LogP contribution in [0.1, 0.15) is 23.7 Å². The molecular formula is C13H19N3O3. The van der Waals surface area contributed by atoms with Gasteiger partial charge in [0.25, 0.3) is 5.91 Å². The second-order valence-electron chi connectivity index (χ2n) is 4.15. The third-order valence-electron chi connectivity index (χ3n) is 2.63. The molecule has 0 aliphatic carbocycles. The molecule has 0 saturated heterocycles. The Labute approximate surface area is 112 Å². The van der Waals surface area contributed by atoms with Gasteiger partial charge in [0.05, 0.1) is 12.7 Å². The average molecular weight is 265 g/mol. The highest BCUT2D eigenvalue weighted by Crippen LogP contribution is 2.18. The van der Waals surface area contributed by atoms with Gasteiger partial charge in [-0.15, -0.1) is 0 Å². The second kappa shape index (κ2) is 6.63. The van der Waals surface area contributed by atoms with Gasteiger partial charge in [-0.05, 0) is 24.6 Å². The molecule has 104 valence electrons. The minimum absolute atomic E-state index is 0.0903. The maximum absolute atomic E-state index is 12.3. The van der Waals surface area contributed by atoms with Crippen molar-refractivity contribution in [3.63, 3.8) is 0 Å². The third-order valence-corrected chi connectivity index (χ3v) is 2.63. The Kier molecular flexibility index (Phi) is 5.17. The molecule has 1 aromatic rings. The van der Waals surface area contributed by atoms with Crippen molar-refractivity contribution in [1.29, 1.82) is 0 Å². The van der Waals surface area contributed by atoms with E-state index in [0.717, 1.165) is 6.42 Å². The molecule has 19 heavy (non-hydrogen) atoms. The minimum Gasteiger partial charge on any atom is -0.468 e. The molecule has 1 rings (SSSR count). The lowest BCUT2D eigenvalue weighted by molar-refractivity contribution is -0.141. The van der Waals surface area contributed by atoms with Gasteiger partial charge in [-0.1, -0.05) is 6.92 Å². The number of benzene rings is 1. The van der Waals surface area contributed by atoms with Gasteiger partial charge < -0.3 is 21.1 Å². The fourth-order valence-electron chi connectivity index (χ4n) is 1.69. The number of anilines is 2. The summed E-state index contributed by atoms with van der Waals surface area (Å²) in [7, 11) is 1.29. The van der Waals surface area contributed by atoms with Gasteiger partial charge in [-0.3, -0.25) is 9.59 Å². The minimum atomic E-state index is -0.462. The van der Waals surface area contributed by atoms with E-state index < -0.39 is 5.97 Å². The molecule has 0 fully saturated rings. The van der Waals surface area contributed by atoms with E-state index in [9.17, 15) is 9.59 Å². The van der Waals surface area contributed by atoms with Crippen molar-refractivity contribution in [3.05, 3.63) is 23.8 Å². The summed E-state index contributed by atoms with van der Waals surface area (Å²) in [6.45, 7) is 2.29. The molecule has 6 heteroatoms. The molecule has 0 aliphatic heterocycles. The van der Waals surface area contributed by atoms with E-state index >= 15 is 0 Å². The molecule has 0 atom stereocenters. The van der Waals surface area contributed by atoms with Crippen LogP contribution < -0.4 is 11.5 Å². The van der Waals surface area contributed by atoms with Crippen LogP contribution in [0.15, 0.2) is 18.2 Å². The van der Waals surface area contributed by atoms with Crippen LogP contribution in [0.5, 0.6) is 0 Å². The Morgan fingerprint density at radius 3 is 2.53 bits per heavy atom. The van der Waals surface area contributed by atoms with Crippen LogP contribution in [0.2, 0.25) is 0 Å². The number of hydrogen-bond donors (Lipinski definition) is 2. The fourth-order valence-corrected chi connectivity index (χ4v) is 1.69. The quantitative estimate of drug-likeness (QED) is 0.608. The highest BCUT2D eigenvalue weighted by atomic mass is 16.5. The third kappa shape index (κ3) is 3.87. The van der Waals surface area contributed by atoms with Crippen LogP contribution in [0.25, 0.3) is 0 Å². The van der Waals surface area contributed by atoms with Crippen molar-refractivity contribution < 1.29 is 14.3 Å². The number of nitrogens with two attached hydrogens (primary N) is 2. The molecule has 0 unspecified atom stereocenters. The zero-order valence-corrected chi connectivity index (χ0v) is 11.2. The number of carbonyl (C=O) groups excluding carboxylic acids is 2. The lowest BCUT2D eigenvalue weighted by Gasteiger charge is -2.21. The second-order valence-corrected chi connectivity index (χ2v) is 4.15. The van der Waals surface area contributed by atoms with E-state index in [-0.39, 0.29) is 12.5 Å². The van der Waals surface area contributed by atoms with Crippen molar-refractivity contribution in [2.45, 2.75) is 13.3 Å². The smallest absolute Gasteiger partial charge is 0.325 e. The zero-order chi connectivity index (χ0) is 14.4. The van der Waals surface area contributed by atoms with Gasteiger partial charge >= 0.3 is 5.97 Å². The molecule has 6 nitrogen and oxygen atoms in total. The summed E-state index contributed by atoms with van der Waals surface area (Å²) in [6, 6.07) is 4.69. The molecule has 0 aromatic heterocycles. The fraction of sp³-hybridized carbons (Fsp3) is 0.385. The van der Waals surface area contributed by atoms with Gasteiger partial charge in [0.15, 0.2) is 0 Å². The van der Waals surface area contributed by atoms with Crippen molar-refractivity contribution >= 4 is 23.3 Å². The molecule has 0 radical (unpaired) electrons. The topological polar surface area (TPSA) is 98.6 Å². The highest BCUT2D eigenvalue weighted by molar-refractivity contribution is 6.00. The Balaban J connectivity index is 2.95. The average Bonchev–Trinajstić information content (AvgIpc) is 2.37. The molecule has 0 saturated carbocycles. The summed E-state index contributed by atoms with van der Waals surface area (Å²) >= 11 is 0. The first-order valence-corrected chi connectivity index (χ1v) is 6.00. The zero-order valence-electron chi connectivity index (χ0n) is 11.2. The summed E-state index contributed by atoms with van der Waals surface area (Å²) in [5.41, 5.74) is 12.5. The van der Waals surface area contributed by atoms with E-state index in [1.165, 1.54) is 18.1 Å². The molecule has 4 N–H and O–H groups in total. The number of hydrogen-bond acceptors (Lipinski definition) is 5. The first-order chi connectivity index (χ1) is 8.99. The van der Waals surface area contributed by atoms with Crippen LogP contribution >= 0.6 is 0 Å². The number of esters is 1. The molecule has 0 heterocycles. The van der Waals surface area contributed by atoms with E-state index in [1.54, 1.807) is 12.1 Å². The van der Waals surface area contributed by atoms with Crippen LogP contribution in [-0.4, -0.2) is 37.0 Å². The van der Waals surface area contributed by atoms with Crippen molar-refractivity contribution in [3.8, 4) is 0 Å². The van der Waals surface area contributed by atoms with Gasteiger partial charge in [-0.25, -0.2) is 0 Å². The molecule has 1 amide bonds. The number of amides is 1. The molecule has 0 spiro atoms. The summed E-state index contributed by atoms with van der Waals surface area (Å²) in [4.78, 5) is 25.0. The van der Waals surface area contributed by atoms with Crippen LogP contribution in [0.3, 0.4) is 0 Å². The van der Waals surface area contributed by atoms with E-state index in [1.807, 2.05) is 6.92 Å². The van der Waals surface area contributed by atoms with Crippen molar-refractivity contribution in [1.82, 2.24) is 4.90 Å². The maximum atomic E-state index is 12.3. The predicted molar refractivity (Wildman–Crippen MR) is 73.5 cm³/mol. The van der Waals surface area contributed by atoms with E-state index in [4.69, 9.17) is 11.5 Å². The van der Waals surface area contributed by atoms with Crippen LogP contribution in [-0.2, 0) is 9.53 Å². The van der Waals surface area contributed by atoms with Crippen molar-refractivity contribution in [2.24, 2.45) is 0 Å². The van der Waals surface area contributed by atoms with E-state index in [2.05, 4.69) is 4.74 Å². The summed E-state index contributed by atoms with van der Waals surface area (Å²) in [5.74, 6) is -0.763. The highest BCUT2D eigenvalue weighted by Gasteiger charge is 2.20. The molecule has 0 bridgehead atoms. The van der Waals surface area contributed by atoms with Gasteiger partial charge in [0.1, 0.15) is 6.54 Å². The number of ether oxygens (including phenoxy) is 1. The first kappa shape index (κ1) is 14.8. The molecule has 1 aromatic carbocycles. The summed E-state index contributed by atoms with van der Waals surface area (Å²) < 4.78 is 4.58. The molecular weight excluding hydrogens is 246 g/mol. The van der Waals surface area contributed by atoms with Crippen LogP contribution in [0, 0.1) is 0 Å². The predicted octanol–water partition coefficient (Wildman–Crippen LogP) is 0.876. The lowest BCUT2D eigenvalue weighted by atomic mass is 10.1. The largest absolute Gasteiger partial charge is 0.468 e. The number of nitrogen functional groups attached to an aromatic ring is 2. The Bertz CT molecular complexity index is 474. The Hall–Kier alpha value is -2.24.